The summed E-state index contributed by atoms with van der Waals surface area (Å²) in [6.07, 6.45) is -2.49. The Morgan fingerprint density at radius 2 is 2.18 bits per heavy atom. The number of nitrogens with one attached hydrogen (secondary N) is 1. The van der Waals surface area contributed by atoms with Crippen molar-refractivity contribution >= 4 is 11.4 Å². The van der Waals surface area contributed by atoms with Crippen LogP contribution in [0.5, 0.6) is 0 Å². The van der Waals surface area contributed by atoms with E-state index in [2.05, 4.69) is 5.32 Å². The van der Waals surface area contributed by atoms with Crippen LogP contribution in [0.25, 0.3) is 0 Å². The molecule has 0 saturated carbocycles. The average molecular weight is 241 g/mol. The van der Waals surface area contributed by atoms with Crippen LogP contribution < -0.4 is 11.1 Å². The van der Waals surface area contributed by atoms with E-state index in [9.17, 15) is 20.3 Å². The summed E-state index contributed by atoms with van der Waals surface area (Å²) in [6.45, 7) is 0.118. The highest BCUT2D eigenvalue weighted by Crippen LogP contribution is 2.29. The number of nitro benzene ring substituents is 1. The molecule has 0 heterocycles. The van der Waals surface area contributed by atoms with E-state index < -0.39 is 17.1 Å². The third-order valence-electron chi connectivity index (χ3n) is 2.34. The first-order valence-corrected chi connectivity index (χ1v) is 5.02. The van der Waals surface area contributed by atoms with Crippen LogP contribution in [0.4, 0.5) is 11.4 Å². The Kier molecular flexibility index (Phi) is 4.38. The van der Waals surface area contributed by atoms with Gasteiger partial charge in [0.25, 0.3) is 5.69 Å². The monoisotopic (exact) mass is 241 g/mol. The molecule has 1 aromatic carbocycles. The summed E-state index contributed by atoms with van der Waals surface area (Å²) in [5.74, 6) is 0. The van der Waals surface area contributed by atoms with Crippen molar-refractivity contribution in [2.75, 3.05) is 19.3 Å². The van der Waals surface area contributed by atoms with Crippen LogP contribution in [0.15, 0.2) is 18.2 Å². The summed E-state index contributed by atoms with van der Waals surface area (Å²) in [4.78, 5) is 10.2. The standard InChI is InChI=1S/C10H15N3O4/c1-12-5-9(14)10(15)7-4-6(11)2-3-8(7)13(16)17/h2-4,9-10,12,14-15H,5,11H2,1H3. The fourth-order valence-corrected chi connectivity index (χ4v) is 1.50. The smallest absolute Gasteiger partial charge is 0.275 e. The Labute approximate surface area is 98.0 Å². The van der Waals surface area contributed by atoms with Crippen LogP contribution in [-0.2, 0) is 0 Å². The minimum atomic E-state index is -1.36. The maximum Gasteiger partial charge on any atom is 0.275 e. The first-order valence-electron chi connectivity index (χ1n) is 5.02. The highest BCUT2D eigenvalue weighted by molar-refractivity contribution is 5.52. The molecule has 0 fully saturated rings. The van der Waals surface area contributed by atoms with Gasteiger partial charge in [-0.2, -0.15) is 0 Å². The predicted octanol–water partition coefficient (Wildman–Crippen LogP) is -0.209. The van der Waals surface area contributed by atoms with Gasteiger partial charge < -0.3 is 21.3 Å². The first kappa shape index (κ1) is 13.4. The molecule has 7 nitrogen and oxygen atoms in total. The van der Waals surface area contributed by atoms with Gasteiger partial charge in [-0.3, -0.25) is 10.1 Å². The second-order valence-corrected chi connectivity index (χ2v) is 3.65. The Morgan fingerprint density at radius 3 is 2.71 bits per heavy atom. The third kappa shape index (κ3) is 3.13. The SMILES string of the molecule is CNCC(O)C(O)c1cc(N)ccc1[N+](=O)[O-]. The van der Waals surface area contributed by atoms with Crippen molar-refractivity contribution in [3.63, 3.8) is 0 Å². The van der Waals surface area contributed by atoms with E-state index in [1.807, 2.05) is 0 Å². The number of aliphatic hydroxyl groups excluding tert-OH is 2. The lowest BCUT2D eigenvalue weighted by atomic mass is 10.0. The van der Waals surface area contributed by atoms with Gasteiger partial charge in [-0.1, -0.05) is 0 Å². The third-order valence-corrected chi connectivity index (χ3v) is 2.34. The maximum atomic E-state index is 10.8. The molecule has 5 N–H and O–H groups in total. The molecule has 0 aliphatic carbocycles. The van der Waals surface area contributed by atoms with Crippen molar-refractivity contribution in [3.8, 4) is 0 Å². The zero-order chi connectivity index (χ0) is 13.0. The Hall–Kier alpha value is -1.70. The number of anilines is 1. The lowest BCUT2D eigenvalue weighted by Gasteiger charge is -2.18. The minimum Gasteiger partial charge on any atom is -0.399 e. The van der Waals surface area contributed by atoms with Crippen LogP contribution in [0.3, 0.4) is 0 Å². The Balaban J connectivity index is 3.10. The zero-order valence-electron chi connectivity index (χ0n) is 9.33. The molecule has 0 aliphatic heterocycles. The Bertz CT molecular complexity index is 411. The number of hydrogen-bond donors (Lipinski definition) is 4. The molecule has 17 heavy (non-hydrogen) atoms. The molecule has 0 saturated heterocycles. The van der Waals surface area contributed by atoms with Gasteiger partial charge in [-0.15, -0.1) is 0 Å². The number of benzene rings is 1. The molecule has 2 atom stereocenters. The van der Waals surface area contributed by atoms with Gasteiger partial charge in [-0.05, 0) is 19.2 Å². The van der Waals surface area contributed by atoms with Crippen LogP contribution in [0.2, 0.25) is 0 Å². The number of likely N-dealkylation sites (N-methyl/N-ethyl adjacent to an activating group) is 1. The molecule has 0 radical (unpaired) electrons. The topological polar surface area (TPSA) is 122 Å². The number of aliphatic hydroxyl groups is 2. The number of nitrogens with zero attached hydrogens (tertiary/aromatic N) is 1. The van der Waals surface area contributed by atoms with Crippen LogP contribution in [-0.4, -0.2) is 34.8 Å². The van der Waals surface area contributed by atoms with Crippen LogP contribution >= 0.6 is 0 Å². The van der Waals surface area contributed by atoms with Gasteiger partial charge in [0, 0.05) is 18.3 Å². The van der Waals surface area contributed by atoms with E-state index in [-0.39, 0.29) is 17.8 Å². The van der Waals surface area contributed by atoms with Crippen molar-refractivity contribution in [2.24, 2.45) is 0 Å². The Morgan fingerprint density at radius 1 is 1.53 bits per heavy atom. The van der Waals surface area contributed by atoms with Gasteiger partial charge in [0.15, 0.2) is 0 Å². The molecule has 0 amide bonds. The predicted molar refractivity (Wildman–Crippen MR) is 62.4 cm³/mol. The quantitative estimate of drug-likeness (QED) is 0.321. The summed E-state index contributed by atoms with van der Waals surface area (Å²) >= 11 is 0. The lowest BCUT2D eigenvalue weighted by Crippen LogP contribution is -2.30. The number of nitrogen functional groups attached to an aromatic ring is 1. The largest absolute Gasteiger partial charge is 0.399 e. The normalized spacial score (nSPS) is 14.3. The number of nitro groups is 1. The van der Waals surface area contributed by atoms with Crippen molar-refractivity contribution in [1.82, 2.24) is 5.32 Å². The molecule has 1 aromatic rings. The highest BCUT2D eigenvalue weighted by atomic mass is 16.6. The van der Waals surface area contributed by atoms with E-state index in [1.54, 1.807) is 7.05 Å². The van der Waals surface area contributed by atoms with E-state index in [4.69, 9.17) is 5.73 Å². The van der Waals surface area contributed by atoms with Gasteiger partial charge in [-0.25, -0.2) is 0 Å². The molecular formula is C10H15N3O4. The summed E-state index contributed by atoms with van der Waals surface area (Å²) in [7, 11) is 1.60. The fourth-order valence-electron chi connectivity index (χ4n) is 1.50. The average Bonchev–Trinajstić information content (AvgIpc) is 2.27. The lowest BCUT2D eigenvalue weighted by molar-refractivity contribution is -0.386. The second kappa shape index (κ2) is 5.58. The molecular weight excluding hydrogens is 226 g/mol. The van der Waals surface area contributed by atoms with E-state index in [0.717, 1.165) is 0 Å². The summed E-state index contributed by atoms with van der Waals surface area (Å²) < 4.78 is 0. The maximum absolute atomic E-state index is 10.8. The summed E-state index contributed by atoms with van der Waals surface area (Å²) in [5, 5.41) is 32.9. The number of hydrogen-bond acceptors (Lipinski definition) is 6. The minimum absolute atomic E-state index is 0.0118. The molecule has 7 heteroatoms. The molecule has 94 valence electrons. The zero-order valence-corrected chi connectivity index (χ0v) is 9.33. The molecule has 0 spiro atoms. The fraction of sp³-hybridized carbons (Fsp3) is 0.400. The van der Waals surface area contributed by atoms with Gasteiger partial charge in [0.1, 0.15) is 6.10 Å². The van der Waals surface area contributed by atoms with E-state index in [1.165, 1.54) is 18.2 Å². The highest BCUT2D eigenvalue weighted by Gasteiger charge is 2.25. The number of rotatable bonds is 5. The second-order valence-electron chi connectivity index (χ2n) is 3.65. The molecule has 0 aliphatic rings. The van der Waals surface area contributed by atoms with Gasteiger partial charge in [0.05, 0.1) is 16.6 Å². The molecule has 1 rings (SSSR count). The van der Waals surface area contributed by atoms with Crippen molar-refractivity contribution in [3.05, 3.63) is 33.9 Å². The van der Waals surface area contributed by atoms with Crippen molar-refractivity contribution in [2.45, 2.75) is 12.2 Å². The molecule has 2 unspecified atom stereocenters. The summed E-state index contributed by atoms with van der Waals surface area (Å²) in [5.41, 5.74) is 5.55. The molecule has 0 aromatic heterocycles. The van der Waals surface area contributed by atoms with Crippen LogP contribution in [0.1, 0.15) is 11.7 Å². The van der Waals surface area contributed by atoms with Gasteiger partial charge in [0.2, 0.25) is 0 Å². The van der Waals surface area contributed by atoms with E-state index in [0.29, 0.717) is 5.69 Å². The summed E-state index contributed by atoms with van der Waals surface area (Å²) in [6, 6.07) is 3.88. The van der Waals surface area contributed by atoms with Crippen molar-refractivity contribution < 1.29 is 15.1 Å². The van der Waals surface area contributed by atoms with E-state index >= 15 is 0 Å². The number of nitrogens with two attached hydrogens (primary N) is 1. The van der Waals surface area contributed by atoms with Crippen LogP contribution in [0, 0.1) is 10.1 Å². The van der Waals surface area contributed by atoms with Gasteiger partial charge >= 0.3 is 0 Å². The molecule has 0 bridgehead atoms. The first-order chi connectivity index (χ1) is 7.97. The van der Waals surface area contributed by atoms with Crippen molar-refractivity contribution in [1.29, 1.82) is 0 Å².